The average Bonchev–Trinajstić information content (AvgIpc) is 3.05. The van der Waals surface area contributed by atoms with Crippen LogP contribution in [0, 0.1) is 6.92 Å². The third kappa shape index (κ3) is 3.86. The second kappa shape index (κ2) is 6.93. The van der Waals surface area contributed by atoms with Crippen LogP contribution < -0.4 is 0 Å². The molecule has 0 saturated carbocycles. The van der Waals surface area contributed by atoms with Gasteiger partial charge >= 0.3 is 6.09 Å². The zero-order valence-electron chi connectivity index (χ0n) is 14.8. The third-order valence-electron chi connectivity index (χ3n) is 3.54. The molecule has 0 fully saturated rings. The van der Waals surface area contributed by atoms with Crippen molar-refractivity contribution < 1.29 is 14.1 Å². The van der Waals surface area contributed by atoms with E-state index in [0.29, 0.717) is 27.7 Å². The summed E-state index contributed by atoms with van der Waals surface area (Å²) in [5.41, 5.74) is 1.20. The first-order chi connectivity index (χ1) is 12.2. The van der Waals surface area contributed by atoms with E-state index in [4.69, 9.17) is 20.9 Å². The molecule has 2 heterocycles. The molecule has 0 aliphatic heterocycles. The quantitative estimate of drug-likeness (QED) is 0.471. The first kappa shape index (κ1) is 18.7. The molecule has 7 heteroatoms. The highest BCUT2D eigenvalue weighted by molar-refractivity contribution is 9.10. The van der Waals surface area contributed by atoms with Crippen molar-refractivity contribution in [2.24, 2.45) is 0 Å². The largest absolute Gasteiger partial charge is 0.443 e. The number of nitrogens with zero attached hydrogens (tertiary/aromatic N) is 2. The number of rotatable bonds is 2. The van der Waals surface area contributed by atoms with Crippen molar-refractivity contribution in [3.63, 3.8) is 0 Å². The maximum absolute atomic E-state index is 12.8. The molecule has 3 rings (SSSR count). The van der Waals surface area contributed by atoms with Crippen LogP contribution in [0.4, 0.5) is 4.79 Å². The zero-order chi connectivity index (χ0) is 19.1. The monoisotopic (exact) mass is 436 g/mol. The molecule has 0 unspecified atom stereocenters. The maximum Gasteiger partial charge on any atom is 0.419 e. The summed E-state index contributed by atoms with van der Waals surface area (Å²) in [6.45, 7) is 7.28. The van der Waals surface area contributed by atoms with E-state index < -0.39 is 11.7 Å². The Bertz CT molecular complexity index is 1010. The van der Waals surface area contributed by atoms with Gasteiger partial charge in [-0.1, -0.05) is 38.8 Å². The number of benzene rings is 1. The lowest BCUT2D eigenvalue weighted by Crippen LogP contribution is -2.27. The molecule has 0 aliphatic rings. The molecule has 0 N–H and O–H groups in total. The Morgan fingerprint density at radius 1 is 1.31 bits per heavy atom. The van der Waals surface area contributed by atoms with Gasteiger partial charge in [0.05, 0.1) is 16.2 Å². The van der Waals surface area contributed by atoms with Gasteiger partial charge in [-0.3, -0.25) is 0 Å². The molecular weight excluding hydrogens is 420 g/mol. The summed E-state index contributed by atoms with van der Waals surface area (Å²) in [4.78, 5) is 12.8. The van der Waals surface area contributed by atoms with Gasteiger partial charge in [-0.25, -0.2) is 9.36 Å². The van der Waals surface area contributed by atoms with Crippen LogP contribution in [0.25, 0.3) is 23.1 Å². The fourth-order valence-corrected chi connectivity index (χ4v) is 3.18. The highest BCUT2D eigenvalue weighted by Crippen LogP contribution is 2.34. The Balaban J connectivity index is 2.16. The highest BCUT2D eigenvalue weighted by Gasteiger charge is 2.24. The fraction of sp³-hybridized carbons (Fsp3) is 0.263. The molecule has 0 atom stereocenters. The number of hydrogen-bond donors (Lipinski definition) is 0. The van der Waals surface area contributed by atoms with Crippen LogP contribution in [-0.4, -0.2) is 21.4 Å². The Hall–Kier alpha value is -2.05. The fourth-order valence-electron chi connectivity index (χ4n) is 2.52. The summed E-state index contributed by atoms with van der Waals surface area (Å²) in [6.07, 6.45) is 2.98. The summed E-state index contributed by atoms with van der Waals surface area (Å²) < 4.78 is 12.9. The standard InChI is InChI=1S/C19H18BrClN2O3/c1-11-9-13(22-26-11)6-8-15-17(21)14-7-5-12(20)10-16(14)23(15)18(24)25-19(2,3)4/h5-10H,1-4H3/b8-6+. The molecule has 0 bridgehead atoms. The van der Waals surface area contributed by atoms with E-state index in [-0.39, 0.29) is 0 Å². The van der Waals surface area contributed by atoms with Crippen LogP contribution in [0.5, 0.6) is 0 Å². The highest BCUT2D eigenvalue weighted by atomic mass is 79.9. The number of carbonyl (C=O) groups is 1. The van der Waals surface area contributed by atoms with Crippen molar-refractivity contribution in [2.75, 3.05) is 0 Å². The summed E-state index contributed by atoms with van der Waals surface area (Å²) >= 11 is 10.0. The topological polar surface area (TPSA) is 57.3 Å². The van der Waals surface area contributed by atoms with Crippen molar-refractivity contribution in [3.8, 4) is 0 Å². The van der Waals surface area contributed by atoms with E-state index in [9.17, 15) is 4.79 Å². The number of aryl methyl sites for hydroxylation is 1. The summed E-state index contributed by atoms with van der Waals surface area (Å²) in [5, 5.41) is 5.15. The number of carbonyl (C=O) groups excluding carboxylic acids is 1. The van der Waals surface area contributed by atoms with Gasteiger partial charge in [-0.2, -0.15) is 0 Å². The normalized spacial score (nSPS) is 12.2. The first-order valence-electron chi connectivity index (χ1n) is 8.00. The van der Waals surface area contributed by atoms with E-state index in [1.165, 1.54) is 4.57 Å². The Kier molecular flexibility index (Phi) is 4.99. The van der Waals surface area contributed by atoms with Crippen molar-refractivity contribution in [1.82, 2.24) is 9.72 Å². The molecule has 0 amide bonds. The van der Waals surface area contributed by atoms with Gasteiger partial charge in [0.25, 0.3) is 0 Å². The molecule has 136 valence electrons. The number of halogens is 2. The molecule has 2 aromatic heterocycles. The number of fused-ring (bicyclic) bond motifs is 1. The first-order valence-corrected chi connectivity index (χ1v) is 9.17. The summed E-state index contributed by atoms with van der Waals surface area (Å²) in [5.74, 6) is 0.701. The van der Waals surface area contributed by atoms with E-state index >= 15 is 0 Å². The van der Waals surface area contributed by atoms with Crippen LogP contribution in [0.3, 0.4) is 0 Å². The van der Waals surface area contributed by atoms with Crippen LogP contribution in [0.2, 0.25) is 5.02 Å². The minimum Gasteiger partial charge on any atom is -0.443 e. The summed E-state index contributed by atoms with van der Waals surface area (Å²) in [7, 11) is 0. The number of hydrogen-bond acceptors (Lipinski definition) is 4. The van der Waals surface area contributed by atoms with E-state index in [1.54, 1.807) is 18.2 Å². The van der Waals surface area contributed by atoms with Crippen LogP contribution in [0.15, 0.2) is 33.3 Å². The molecule has 26 heavy (non-hydrogen) atoms. The number of aromatic nitrogens is 2. The van der Waals surface area contributed by atoms with Gasteiger partial charge in [-0.15, -0.1) is 0 Å². The Labute approximate surface area is 164 Å². The van der Waals surface area contributed by atoms with Crippen molar-refractivity contribution >= 4 is 56.7 Å². The Morgan fingerprint density at radius 3 is 2.65 bits per heavy atom. The zero-order valence-corrected chi connectivity index (χ0v) is 17.2. The minimum absolute atomic E-state index is 0.467. The predicted molar refractivity (Wildman–Crippen MR) is 106 cm³/mol. The SMILES string of the molecule is Cc1cc(/C=C/c2c(Cl)c3ccc(Br)cc3n2C(=O)OC(C)(C)C)no1. The van der Waals surface area contributed by atoms with Crippen molar-refractivity contribution in [3.05, 3.63) is 50.9 Å². The van der Waals surface area contributed by atoms with Crippen molar-refractivity contribution in [1.29, 1.82) is 0 Å². The molecule has 0 spiro atoms. The molecule has 5 nitrogen and oxygen atoms in total. The molecule has 0 radical (unpaired) electrons. The van der Waals surface area contributed by atoms with Gasteiger partial charge in [0, 0.05) is 15.9 Å². The van der Waals surface area contributed by atoms with Crippen LogP contribution in [-0.2, 0) is 4.74 Å². The molecule has 3 aromatic rings. The predicted octanol–water partition coefficient (Wildman–Crippen LogP) is 6.31. The van der Waals surface area contributed by atoms with Gasteiger partial charge in [0.2, 0.25) is 0 Å². The Morgan fingerprint density at radius 2 is 2.04 bits per heavy atom. The molecule has 0 aliphatic carbocycles. The van der Waals surface area contributed by atoms with Gasteiger partial charge in [0.15, 0.2) is 0 Å². The lowest BCUT2D eigenvalue weighted by atomic mass is 10.2. The van der Waals surface area contributed by atoms with E-state index in [0.717, 1.165) is 9.86 Å². The van der Waals surface area contributed by atoms with E-state index in [1.807, 2.05) is 45.9 Å². The maximum atomic E-state index is 12.8. The van der Waals surface area contributed by atoms with Crippen LogP contribution >= 0.6 is 27.5 Å². The molecular formula is C19H18BrClN2O3. The van der Waals surface area contributed by atoms with Gasteiger partial charge in [-0.05, 0) is 52.0 Å². The molecule has 0 saturated heterocycles. The van der Waals surface area contributed by atoms with Crippen molar-refractivity contribution in [2.45, 2.75) is 33.3 Å². The average molecular weight is 438 g/mol. The second-order valence-electron chi connectivity index (χ2n) is 6.87. The lowest BCUT2D eigenvalue weighted by Gasteiger charge is -2.20. The lowest BCUT2D eigenvalue weighted by molar-refractivity contribution is 0.0543. The van der Waals surface area contributed by atoms with Crippen LogP contribution in [0.1, 0.15) is 37.9 Å². The smallest absolute Gasteiger partial charge is 0.419 e. The third-order valence-corrected chi connectivity index (χ3v) is 4.43. The molecule has 1 aromatic carbocycles. The number of ether oxygens (including phenoxy) is 1. The second-order valence-corrected chi connectivity index (χ2v) is 8.17. The summed E-state index contributed by atoms with van der Waals surface area (Å²) in [6, 6.07) is 7.37. The van der Waals surface area contributed by atoms with E-state index in [2.05, 4.69) is 21.1 Å². The van der Waals surface area contributed by atoms with Gasteiger partial charge < -0.3 is 9.26 Å². The minimum atomic E-state index is -0.629. The van der Waals surface area contributed by atoms with Gasteiger partial charge in [0.1, 0.15) is 17.1 Å².